The molecule has 0 heterocycles. The molecule has 1 atom stereocenters. The fourth-order valence-electron chi connectivity index (χ4n) is 6.24. The number of nitrogens with one attached hydrogen (secondary N) is 1. The van der Waals surface area contributed by atoms with E-state index < -0.39 is 28.5 Å². The van der Waals surface area contributed by atoms with Crippen LogP contribution in [0, 0.1) is 6.92 Å². The lowest BCUT2D eigenvalue weighted by Gasteiger charge is -2.35. The molecular weight excluding hydrogens is 693 g/mol. The Morgan fingerprint density at radius 2 is 1.50 bits per heavy atom. The minimum Gasteiger partial charge on any atom is -0.492 e. The first-order valence-electron chi connectivity index (χ1n) is 17.0. The van der Waals surface area contributed by atoms with Gasteiger partial charge in [0.25, 0.3) is 10.0 Å². The highest BCUT2D eigenvalue weighted by molar-refractivity contribution is 7.92. The van der Waals surface area contributed by atoms with Crippen LogP contribution in [0.1, 0.15) is 55.7 Å². The van der Waals surface area contributed by atoms with E-state index in [2.05, 4.69) is 5.32 Å². The van der Waals surface area contributed by atoms with Gasteiger partial charge in [-0.1, -0.05) is 109 Å². The highest BCUT2D eigenvalue weighted by atomic mass is 35.5. The van der Waals surface area contributed by atoms with Crippen LogP contribution in [0.15, 0.2) is 102 Å². The SMILES string of the molecule is CCOc1ccccc1N(CC(=O)N(Cc1c(Cl)cccc1Cl)[C@H](Cc1ccccc1)C(=O)NC1CCCCC1)S(=O)(=O)c1ccc(C)cc1. The summed E-state index contributed by atoms with van der Waals surface area (Å²) in [7, 11) is -4.30. The molecule has 0 unspecified atom stereocenters. The number of rotatable bonds is 14. The molecule has 4 aromatic rings. The van der Waals surface area contributed by atoms with Crippen molar-refractivity contribution in [1.82, 2.24) is 10.2 Å². The second-order valence-electron chi connectivity index (χ2n) is 12.5. The third-order valence-electron chi connectivity index (χ3n) is 8.93. The Hall–Kier alpha value is -4.05. The first kappa shape index (κ1) is 37.2. The van der Waals surface area contributed by atoms with E-state index in [9.17, 15) is 18.0 Å². The van der Waals surface area contributed by atoms with Crippen LogP contribution < -0.4 is 14.4 Å². The number of hydrogen-bond donors (Lipinski definition) is 1. The molecule has 8 nitrogen and oxygen atoms in total. The molecule has 50 heavy (non-hydrogen) atoms. The zero-order valence-electron chi connectivity index (χ0n) is 28.4. The number of carbonyl (C=O) groups is 2. The van der Waals surface area contributed by atoms with Crippen LogP contribution in [0.25, 0.3) is 0 Å². The zero-order valence-corrected chi connectivity index (χ0v) is 30.7. The van der Waals surface area contributed by atoms with Gasteiger partial charge in [-0.05, 0) is 68.7 Å². The van der Waals surface area contributed by atoms with E-state index in [0.29, 0.717) is 21.4 Å². The number of ether oxygens (including phenoxy) is 1. The number of sulfonamides is 1. The topological polar surface area (TPSA) is 96.0 Å². The van der Waals surface area contributed by atoms with Crippen molar-refractivity contribution in [3.63, 3.8) is 0 Å². The van der Waals surface area contributed by atoms with Crippen LogP contribution in [0.4, 0.5) is 5.69 Å². The van der Waals surface area contributed by atoms with Gasteiger partial charge in [-0.25, -0.2) is 8.42 Å². The van der Waals surface area contributed by atoms with E-state index in [4.69, 9.17) is 27.9 Å². The number of amides is 2. The maximum Gasteiger partial charge on any atom is 0.264 e. The standard InChI is InChI=1S/C39H43Cl2N3O5S/c1-3-49-37-20-11-10-19-35(37)44(50(47,48)31-23-21-28(2)22-24-31)27-38(45)43(26-32-33(40)17-12-18-34(32)41)36(25-29-13-6-4-7-14-29)39(46)42-30-15-8-5-9-16-30/h4,6-7,10-14,17-24,30,36H,3,5,8-9,15-16,25-27H2,1-2H3,(H,42,46)/t36-/m1/s1. The van der Waals surface area contributed by atoms with E-state index in [1.807, 2.05) is 37.3 Å². The van der Waals surface area contributed by atoms with Crippen molar-refractivity contribution in [2.45, 2.75) is 75.9 Å². The van der Waals surface area contributed by atoms with Gasteiger partial charge in [0.2, 0.25) is 11.8 Å². The molecule has 0 aliphatic heterocycles. The van der Waals surface area contributed by atoms with Crippen LogP contribution in [0.5, 0.6) is 5.75 Å². The Kier molecular flexibility index (Phi) is 12.8. The van der Waals surface area contributed by atoms with Gasteiger partial charge in [-0.3, -0.25) is 13.9 Å². The Morgan fingerprint density at radius 3 is 2.16 bits per heavy atom. The van der Waals surface area contributed by atoms with Crippen LogP contribution in [0.3, 0.4) is 0 Å². The summed E-state index contributed by atoms with van der Waals surface area (Å²) in [6.45, 7) is 3.20. The molecule has 1 aliphatic rings. The molecule has 0 spiro atoms. The predicted molar refractivity (Wildman–Crippen MR) is 199 cm³/mol. The zero-order chi connectivity index (χ0) is 35.7. The smallest absolute Gasteiger partial charge is 0.264 e. The third kappa shape index (κ3) is 9.19. The summed E-state index contributed by atoms with van der Waals surface area (Å²) < 4.78 is 35.8. The van der Waals surface area contributed by atoms with Gasteiger partial charge in [0.05, 0.1) is 17.2 Å². The fraction of sp³-hybridized carbons (Fsp3) is 0.333. The van der Waals surface area contributed by atoms with Crippen LogP contribution >= 0.6 is 23.2 Å². The fourth-order valence-corrected chi connectivity index (χ4v) is 8.19. The molecule has 0 saturated heterocycles. The van der Waals surface area contributed by atoms with Gasteiger partial charge < -0.3 is 15.0 Å². The molecule has 5 rings (SSSR count). The van der Waals surface area contributed by atoms with E-state index in [0.717, 1.165) is 47.5 Å². The summed E-state index contributed by atoms with van der Waals surface area (Å²) in [5, 5.41) is 3.86. The first-order valence-corrected chi connectivity index (χ1v) is 19.2. The number of hydrogen-bond acceptors (Lipinski definition) is 5. The molecule has 0 radical (unpaired) electrons. The summed E-state index contributed by atoms with van der Waals surface area (Å²) in [4.78, 5) is 30.7. The molecule has 1 N–H and O–H groups in total. The monoisotopic (exact) mass is 735 g/mol. The molecule has 1 saturated carbocycles. The van der Waals surface area contributed by atoms with Gasteiger partial charge in [-0.15, -0.1) is 0 Å². The van der Waals surface area contributed by atoms with E-state index >= 15 is 0 Å². The van der Waals surface area contributed by atoms with E-state index in [-0.39, 0.29) is 42.1 Å². The second kappa shape index (κ2) is 17.2. The van der Waals surface area contributed by atoms with Crippen LogP contribution in [-0.2, 0) is 32.6 Å². The lowest BCUT2D eigenvalue weighted by molar-refractivity contribution is -0.140. The third-order valence-corrected chi connectivity index (χ3v) is 11.4. The highest BCUT2D eigenvalue weighted by Gasteiger charge is 2.36. The van der Waals surface area contributed by atoms with Crippen molar-refractivity contribution < 1.29 is 22.7 Å². The number of nitrogens with zero attached hydrogens (tertiary/aromatic N) is 2. The predicted octanol–water partition coefficient (Wildman–Crippen LogP) is 7.98. The quantitative estimate of drug-likeness (QED) is 0.142. The number of para-hydroxylation sites is 2. The molecule has 0 bridgehead atoms. The van der Waals surface area contributed by atoms with E-state index in [1.165, 1.54) is 17.0 Å². The summed E-state index contributed by atoms with van der Waals surface area (Å²) in [6.07, 6.45) is 5.03. The molecule has 264 valence electrons. The van der Waals surface area contributed by atoms with Gasteiger partial charge in [0.1, 0.15) is 18.3 Å². The number of aryl methyl sites for hydroxylation is 1. The van der Waals surface area contributed by atoms with Crippen molar-refractivity contribution >= 4 is 50.7 Å². The largest absolute Gasteiger partial charge is 0.492 e. The van der Waals surface area contributed by atoms with Crippen molar-refractivity contribution in [3.05, 3.63) is 124 Å². The Balaban J connectivity index is 1.62. The normalized spacial score (nSPS) is 14.1. The lowest BCUT2D eigenvalue weighted by Crippen LogP contribution is -2.55. The summed E-state index contributed by atoms with van der Waals surface area (Å²) >= 11 is 13.3. The second-order valence-corrected chi connectivity index (χ2v) is 15.2. The lowest BCUT2D eigenvalue weighted by atomic mass is 9.94. The highest BCUT2D eigenvalue weighted by Crippen LogP contribution is 2.34. The minimum atomic E-state index is -4.30. The molecule has 1 fully saturated rings. The first-order chi connectivity index (χ1) is 24.1. The van der Waals surface area contributed by atoms with Gasteiger partial charge in [-0.2, -0.15) is 0 Å². The van der Waals surface area contributed by atoms with Crippen molar-refractivity contribution in [2.75, 3.05) is 17.5 Å². The molecule has 11 heteroatoms. The molecular formula is C39H43Cl2N3O5S. The van der Waals surface area contributed by atoms with Crippen molar-refractivity contribution in [2.24, 2.45) is 0 Å². The molecule has 4 aromatic carbocycles. The summed E-state index contributed by atoms with van der Waals surface area (Å²) in [5.41, 5.74) is 2.38. The Morgan fingerprint density at radius 1 is 0.860 bits per heavy atom. The van der Waals surface area contributed by atoms with Crippen LogP contribution in [-0.4, -0.2) is 50.4 Å². The minimum absolute atomic E-state index is 0.0128. The van der Waals surface area contributed by atoms with Gasteiger partial charge in [0, 0.05) is 34.6 Å². The Bertz CT molecular complexity index is 1850. The number of anilines is 1. The molecule has 1 aliphatic carbocycles. The van der Waals surface area contributed by atoms with Gasteiger partial charge in [0.15, 0.2) is 0 Å². The number of carbonyl (C=O) groups excluding carboxylic acids is 2. The average molecular weight is 737 g/mol. The molecule has 2 amide bonds. The number of benzene rings is 4. The molecule has 0 aromatic heterocycles. The van der Waals surface area contributed by atoms with Gasteiger partial charge >= 0.3 is 0 Å². The maximum absolute atomic E-state index is 14.9. The van der Waals surface area contributed by atoms with Crippen molar-refractivity contribution in [3.8, 4) is 5.75 Å². The van der Waals surface area contributed by atoms with Crippen LogP contribution in [0.2, 0.25) is 10.0 Å². The number of halogens is 2. The van der Waals surface area contributed by atoms with Crippen molar-refractivity contribution in [1.29, 1.82) is 0 Å². The van der Waals surface area contributed by atoms with E-state index in [1.54, 1.807) is 61.5 Å². The summed E-state index contributed by atoms with van der Waals surface area (Å²) in [5.74, 6) is -0.627. The average Bonchev–Trinajstić information content (AvgIpc) is 3.11. The summed E-state index contributed by atoms with van der Waals surface area (Å²) in [6, 6.07) is 26.6. The maximum atomic E-state index is 14.9. The Labute approximate surface area is 305 Å².